The van der Waals surface area contributed by atoms with E-state index in [2.05, 4.69) is 33.3 Å². The van der Waals surface area contributed by atoms with Crippen LogP contribution in [-0.2, 0) is 24.3 Å². The van der Waals surface area contributed by atoms with Crippen LogP contribution in [0.5, 0.6) is 0 Å². The fourth-order valence-corrected chi connectivity index (χ4v) is 3.97. The molecule has 0 radical (unpaired) electrons. The van der Waals surface area contributed by atoms with E-state index in [1.807, 2.05) is 30.5 Å². The van der Waals surface area contributed by atoms with Crippen LogP contribution in [0.1, 0.15) is 37.2 Å². The Labute approximate surface area is 165 Å². The van der Waals surface area contributed by atoms with Crippen LogP contribution in [0.25, 0.3) is 11.0 Å². The number of piperidine rings is 1. The molecule has 3 aromatic rings. The first-order valence-corrected chi connectivity index (χ1v) is 10.2. The smallest absolute Gasteiger partial charge is 0.241 e. The Kier molecular flexibility index (Phi) is 5.71. The number of imidazole rings is 1. The molecule has 2 aromatic heterocycles. The molecule has 1 saturated heterocycles. The minimum atomic E-state index is -0.0180. The number of nitrogens with zero attached hydrogens (tertiary/aromatic N) is 4. The van der Waals surface area contributed by atoms with E-state index in [4.69, 9.17) is 4.98 Å². The van der Waals surface area contributed by atoms with Gasteiger partial charge in [-0.15, -0.1) is 0 Å². The SMILES string of the molecule is CCn1c(CCNC(=O)Cn2ccc([C@H]3CCCNC3)n2)nc2ccccc21. The van der Waals surface area contributed by atoms with Gasteiger partial charge in [0.2, 0.25) is 5.91 Å². The van der Waals surface area contributed by atoms with Crippen molar-refractivity contribution in [1.29, 1.82) is 0 Å². The zero-order valence-corrected chi connectivity index (χ0v) is 16.4. The number of fused-ring (bicyclic) bond motifs is 1. The molecule has 0 saturated carbocycles. The van der Waals surface area contributed by atoms with Crippen molar-refractivity contribution in [3.63, 3.8) is 0 Å². The van der Waals surface area contributed by atoms with Crippen molar-refractivity contribution in [1.82, 2.24) is 30.0 Å². The highest BCUT2D eigenvalue weighted by Crippen LogP contribution is 2.21. The van der Waals surface area contributed by atoms with Gasteiger partial charge in [0.25, 0.3) is 0 Å². The minimum absolute atomic E-state index is 0.0180. The highest BCUT2D eigenvalue weighted by molar-refractivity contribution is 5.76. The molecular formula is C21H28N6O. The van der Waals surface area contributed by atoms with E-state index in [0.717, 1.165) is 48.6 Å². The second-order valence-corrected chi connectivity index (χ2v) is 7.34. The van der Waals surface area contributed by atoms with Crippen LogP contribution in [-0.4, -0.2) is 44.9 Å². The molecule has 1 aliphatic heterocycles. The summed E-state index contributed by atoms with van der Waals surface area (Å²) in [7, 11) is 0. The van der Waals surface area contributed by atoms with Crippen molar-refractivity contribution >= 4 is 16.9 Å². The van der Waals surface area contributed by atoms with Crippen LogP contribution >= 0.6 is 0 Å². The third-order valence-electron chi connectivity index (χ3n) is 5.40. The van der Waals surface area contributed by atoms with Gasteiger partial charge in [-0.25, -0.2) is 4.98 Å². The zero-order chi connectivity index (χ0) is 19.3. The molecule has 0 bridgehead atoms. The van der Waals surface area contributed by atoms with Gasteiger partial charge >= 0.3 is 0 Å². The Morgan fingerprint density at radius 1 is 1.32 bits per heavy atom. The average molecular weight is 380 g/mol. The molecule has 0 spiro atoms. The molecule has 148 valence electrons. The molecule has 0 unspecified atom stereocenters. The summed E-state index contributed by atoms with van der Waals surface area (Å²) in [6.45, 7) is 5.88. The van der Waals surface area contributed by atoms with E-state index in [-0.39, 0.29) is 12.5 Å². The standard InChI is InChI=1S/C21H28N6O/c1-2-27-19-8-4-3-7-18(19)24-20(27)9-12-23-21(28)15-26-13-10-17(25-26)16-6-5-11-22-14-16/h3-4,7-8,10,13,16,22H,2,5-6,9,11-12,14-15H2,1H3,(H,23,28)/t16-/m0/s1. The monoisotopic (exact) mass is 380 g/mol. The number of hydrogen-bond donors (Lipinski definition) is 2. The van der Waals surface area contributed by atoms with E-state index in [1.165, 1.54) is 6.42 Å². The highest BCUT2D eigenvalue weighted by atomic mass is 16.2. The molecule has 1 atom stereocenters. The average Bonchev–Trinajstić information content (AvgIpc) is 3.32. The van der Waals surface area contributed by atoms with Crippen LogP contribution in [0.15, 0.2) is 36.5 Å². The molecule has 2 N–H and O–H groups in total. The predicted molar refractivity (Wildman–Crippen MR) is 109 cm³/mol. The quantitative estimate of drug-likeness (QED) is 0.658. The third-order valence-corrected chi connectivity index (χ3v) is 5.40. The minimum Gasteiger partial charge on any atom is -0.354 e. The maximum Gasteiger partial charge on any atom is 0.241 e. The molecular weight excluding hydrogens is 352 g/mol. The number of benzene rings is 1. The van der Waals surface area contributed by atoms with Gasteiger partial charge in [0.15, 0.2) is 0 Å². The number of para-hydroxylation sites is 2. The number of aryl methyl sites for hydroxylation is 1. The van der Waals surface area contributed by atoms with Gasteiger partial charge in [0.05, 0.1) is 16.7 Å². The highest BCUT2D eigenvalue weighted by Gasteiger charge is 2.18. The van der Waals surface area contributed by atoms with Crippen LogP contribution in [0.2, 0.25) is 0 Å². The molecule has 1 amide bonds. The molecule has 7 nitrogen and oxygen atoms in total. The second kappa shape index (κ2) is 8.56. The van der Waals surface area contributed by atoms with Gasteiger partial charge in [0.1, 0.15) is 12.4 Å². The summed E-state index contributed by atoms with van der Waals surface area (Å²) in [5, 5.41) is 11.0. The predicted octanol–water partition coefficient (Wildman–Crippen LogP) is 2.08. The summed E-state index contributed by atoms with van der Waals surface area (Å²) in [4.78, 5) is 17.0. The van der Waals surface area contributed by atoms with Gasteiger partial charge < -0.3 is 15.2 Å². The number of rotatable bonds is 7. The van der Waals surface area contributed by atoms with E-state index in [0.29, 0.717) is 18.9 Å². The Morgan fingerprint density at radius 3 is 3.04 bits per heavy atom. The number of hydrogen-bond acceptors (Lipinski definition) is 4. The molecule has 1 aromatic carbocycles. The topological polar surface area (TPSA) is 76.8 Å². The number of aromatic nitrogens is 4. The van der Waals surface area contributed by atoms with E-state index in [9.17, 15) is 4.79 Å². The van der Waals surface area contributed by atoms with Crippen molar-refractivity contribution in [2.24, 2.45) is 0 Å². The lowest BCUT2D eigenvalue weighted by atomic mass is 9.97. The van der Waals surface area contributed by atoms with Crippen molar-refractivity contribution in [2.45, 2.75) is 45.2 Å². The molecule has 1 fully saturated rings. The number of amides is 1. The van der Waals surface area contributed by atoms with Crippen LogP contribution in [0.3, 0.4) is 0 Å². The summed E-state index contributed by atoms with van der Waals surface area (Å²) in [5.41, 5.74) is 3.23. The van der Waals surface area contributed by atoms with Crippen LogP contribution < -0.4 is 10.6 Å². The van der Waals surface area contributed by atoms with E-state index < -0.39 is 0 Å². The van der Waals surface area contributed by atoms with Gasteiger partial charge in [-0.1, -0.05) is 12.1 Å². The maximum absolute atomic E-state index is 12.3. The number of nitrogens with one attached hydrogen (secondary N) is 2. The lowest BCUT2D eigenvalue weighted by Crippen LogP contribution is -2.30. The Bertz CT molecular complexity index is 937. The third kappa shape index (κ3) is 4.09. The lowest BCUT2D eigenvalue weighted by molar-refractivity contribution is -0.121. The van der Waals surface area contributed by atoms with Crippen LogP contribution in [0.4, 0.5) is 0 Å². The normalized spacial score (nSPS) is 17.1. The molecule has 3 heterocycles. The maximum atomic E-state index is 12.3. The molecule has 1 aliphatic rings. The Morgan fingerprint density at radius 2 is 2.21 bits per heavy atom. The Hall–Kier alpha value is -2.67. The summed E-state index contributed by atoms with van der Waals surface area (Å²) < 4.78 is 3.94. The fraction of sp³-hybridized carbons (Fsp3) is 0.476. The summed E-state index contributed by atoms with van der Waals surface area (Å²) >= 11 is 0. The first-order chi connectivity index (χ1) is 13.7. The molecule has 0 aliphatic carbocycles. The number of carbonyl (C=O) groups is 1. The van der Waals surface area contributed by atoms with Crippen LogP contribution in [0, 0.1) is 0 Å². The second-order valence-electron chi connectivity index (χ2n) is 7.34. The van der Waals surface area contributed by atoms with Gasteiger partial charge in [-0.3, -0.25) is 9.48 Å². The van der Waals surface area contributed by atoms with Crippen molar-refractivity contribution in [2.75, 3.05) is 19.6 Å². The van der Waals surface area contributed by atoms with Crippen molar-refractivity contribution in [3.05, 3.63) is 48.0 Å². The van der Waals surface area contributed by atoms with E-state index >= 15 is 0 Å². The summed E-state index contributed by atoms with van der Waals surface area (Å²) in [5.74, 6) is 1.45. The van der Waals surface area contributed by atoms with Gasteiger partial charge in [-0.2, -0.15) is 5.10 Å². The van der Waals surface area contributed by atoms with E-state index in [1.54, 1.807) is 4.68 Å². The Balaban J connectivity index is 1.30. The number of carbonyl (C=O) groups excluding carboxylic acids is 1. The first-order valence-electron chi connectivity index (χ1n) is 10.2. The molecule has 7 heteroatoms. The molecule has 28 heavy (non-hydrogen) atoms. The van der Waals surface area contributed by atoms with Gasteiger partial charge in [-0.05, 0) is 44.5 Å². The summed E-state index contributed by atoms with van der Waals surface area (Å²) in [6, 6.07) is 10.2. The van der Waals surface area contributed by atoms with Crippen molar-refractivity contribution < 1.29 is 4.79 Å². The fourth-order valence-electron chi connectivity index (χ4n) is 3.97. The lowest BCUT2D eigenvalue weighted by Gasteiger charge is -2.20. The first kappa shape index (κ1) is 18.7. The zero-order valence-electron chi connectivity index (χ0n) is 16.4. The van der Waals surface area contributed by atoms with Crippen molar-refractivity contribution in [3.8, 4) is 0 Å². The summed E-state index contributed by atoms with van der Waals surface area (Å²) in [6.07, 6.45) is 4.96. The molecule has 4 rings (SSSR count). The van der Waals surface area contributed by atoms with Gasteiger partial charge in [0, 0.05) is 38.2 Å². The largest absolute Gasteiger partial charge is 0.354 e.